The topological polar surface area (TPSA) is 27.1 Å². The Morgan fingerprint density at radius 3 is 2.40 bits per heavy atom. The molecular weight excluding hydrogens is 368 g/mol. The zero-order chi connectivity index (χ0) is 21.1. The molecule has 3 aromatic carbocycles. The minimum absolute atomic E-state index is 0.160. The van der Waals surface area contributed by atoms with Crippen molar-refractivity contribution in [3.05, 3.63) is 83.9 Å². The van der Waals surface area contributed by atoms with Gasteiger partial charge in [0.2, 0.25) is 0 Å². The molecule has 1 aromatic heterocycles. The summed E-state index contributed by atoms with van der Waals surface area (Å²) in [5, 5.41) is 0. The third-order valence-corrected chi connectivity index (χ3v) is 5.45. The van der Waals surface area contributed by atoms with Crippen molar-refractivity contribution >= 4 is 11.0 Å². The van der Waals surface area contributed by atoms with Crippen LogP contribution in [0.25, 0.3) is 22.4 Å². The number of hydrogen-bond donors (Lipinski definition) is 0. The molecule has 0 saturated heterocycles. The molecule has 0 aliphatic carbocycles. The van der Waals surface area contributed by atoms with E-state index in [-0.39, 0.29) is 5.41 Å². The second-order valence-electron chi connectivity index (χ2n) is 8.92. The van der Waals surface area contributed by atoms with Crippen LogP contribution in [0.4, 0.5) is 0 Å². The van der Waals surface area contributed by atoms with E-state index in [1.807, 2.05) is 6.07 Å². The number of benzene rings is 3. The van der Waals surface area contributed by atoms with Gasteiger partial charge in [-0.3, -0.25) is 0 Å². The Hall–Kier alpha value is -3.07. The quantitative estimate of drug-likeness (QED) is 0.335. The van der Waals surface area contributed by atoms with Crippen LogP contribution in [0, 0.1) is 6.92 Å². The first kappa shape index (κ1) is 20.2. The van der Waals surface area contributed by atoms with Gasteiger partial charge in [0.05, 0.1) is 17.6 Å². The molecule has 0 aliphatic heterocycles. The maximum atomic E-state index is 6.01. The molecule has 0 saturated carbocycles. The second-order valence-corrected chi connectivity index (χ2v) is 8.92. The molecule has 154 valence electrons. The van der Waals surface area contributed by atoms with Crippen molar-refractivity contribution in [1.29, 1.82) is 0 Å². The lowest BCUT2D eigenvalue weighted by molar-refractivity contribution is 0.302. The van der Waals surface area contributed by atoms with Crippen LogP contribution >= 0.6 is 0 Å². The number of aromatic nitrogens is 2. The summed E-state index contributed by atoms with van der Waals surface area (Å²) < 4.78 is 8.33. The third kappa shape index (κ3) is 4.40. The Morgan fingerprint density at radius 2 is 1.67 bits per heavy atom. The number of rotatable bonds is 6. The largest absolute Gasteiger partial charge is 0.494 e. The van der Waals surface area contributed by atoms with Gasteiger partial charge in [-0.1, -0.05) is 68.8 Å². The second kappa shape index (κ2) is 8.35. The summed E-state index contributed by atoms with van der Waals surface area (Å²) in [6.07, 6.45) is 0.917. The minimum Gasteiger partial charge on any atom is -0.494 e. The third-order valence-electron chi connectivity index (χ3n) is 5.45. The van der Waals surface area contributed by atoms with Crippen LogP contribution in [-0.2, 0) is 12.0 Å². The zero-order valence-electron chi connectivity index (χ0n) is 18.4. The molecule has 0 aliphatic rings. The molecule has 4 rings (SSSR count). The Bertz CT molecular complexity index is 1130. The van der Waals surface area contributed by atoms with E-state index >= 15 is 0 Å². The van der Waals surface area contributed by atoms with Crippen LogP contribution in [0.3, 0.4) is 0 Å². The Morgan fingerprint density at radius 1 is 0.900 bits per heavy atom. The average molecular weight is 399 g/mol. The SMILES string of the molecule is Cc1cccc(-c2nc3ccccc3n2CCCOc2ccc(C(C)(C)C)cc2)c1. The number of imidazole rings is 1. The first-order valence-corrected chi connectivity index (χ1v) is 10.7. The van der Waals surface area contributed by atoms with Crippen LogP contribution in [0.15, 0.2) is 72.8 Å². The molecule has 4 aromatic rings. The Kier molecular flexibility index (Phi) is 5.63. The van der Waals surface area contributed by atoms with Gasteiger partial charge < -0.3 is 9.30 Å². The predicted molar refractivity (Wildman–Crippen MR) is 125 cm³/mol. The molecule has 0 atom stereocenters. The Balaban J connectivity index is 1.48. The summed E-state index contributed by atoms with van der Waals surface area (Å²) >= 11 is 0. The minimum atomic E-state index is 0.160. The van der Waals surface area contributed by atoms with Crippen LogP contribution in [0.2, 0.25) is 0 Å². The molecule has 0 radical (unpaired) electrons. The fourth-order valence-corrected chi connectivity index (χ4v) is 3.77. The van der Waals surface area contributed by atoms with Gasteiger partial charge in [0, 0.05) is 12.1 Å². The monoisotopic (exact) mass is 398 g/mol. The lowest BCUT2D eigenvalue weighted by atomic mass is 9.87. The van der Waals surface area contributed by atoms with Gasteiger partial charge in [0.1, 0.15) is 11.6 Å². The number of nitrogens with zero attached hydrogens (tertiary/aromatic N) is 2. The summed E-state index contributed by atoms with van der Waals surface area (Å²) in [5.74, 6) is 1.95. The van der Waals surface area contributed by atoms with Crippen LogP contribution in [0.1, 0.15) is 38.3 Å². The van der Waals surface area contributed by atoms with Crippen LogP contribution in [0.5, 0.6) is 5.75 Å². The van der Waals surface area contributed by atoms with Gasteiger partial charge in [-0.2, -0.15) is 0 Å². The first-order chi connectivity index (χ1) is 14.4. The molecule has 0 amide bonds. The normalized spacial score (nSPS) is 11.7. The van der Waals surface area contributed by atoms with E-state index in [0.717, 1.165) is 35.6 Å². The van der Waals surface area contributed by atoms with E-state index in [1.54, 1.807) is 0 Å². The Labute approximate surface area is 179 Å². The fraction of sp³-hybridized carbons (Fsp3) is 0.296. The average Bonchev–Trinajstić information content (AvgIpc) is 3.10. The van der Waals surface area contributed by atoms with E-state index in [2.05, 4.69) is 99.0 Å². The summed E-state index contributed by atoms with van der Waals surface area (Å²) in [6.45, 7) is 10.3. The molecule has 1 heterocycles. The molecule has 3 heteroatoms. The molecule has 3 nitrogen and oxygen atoms in total. The molecule has 0 fully saturated rings. The standard InChI is InChI=1S/C27H30N2O/c1-20-9-7-10-21(19-20)26-28-24-11-5-6-12-25(24)29(26)17-8-18-30-23-15-13-22(14-16-23)27(2,3)4/h5-7,9-16,19H,8,17-18H2,1-4H3. The highest BCUT2D eigenvalue weighted by atomic mass is 16.5. The number of aryl methyl sites for hydroxylation is 2. The molecule has 30 heavy (non-hydrogen) atoms. The van der Waals surface area contributed by atoms with E-state index in [0.29, 0.717) is 6.61 Å². The van der Waals surface area contributed by atoms with Crippen LogP contribution in [-0.4, -0.2) is 16.2 Å². The predicted octanol–water partition coefficient (Wildman–Crippen LogP) is 6.78. The highest BCUT2D eigenvalue weighted by Gasteiger charge is 2.14. The summed E-state index contributed by atoms with van der Waals surface area (Å²) in [5.41, 5.74) is 6.09. The molecule has 0 spiro atoms. The summed E-state index contributed by atoms with van der Waals surface area (Å²) in [7, 11) is 0. The number of hydrogen-bond acceptors (Lipinski definition) is 2. The fourth-order valence-electron chi connectivity index (χ4n) is 3.77. The lowest BCUT2D eigenvalue weighted by Crippen LogP contribution is -2.10. The number of para-hydroxylation sites is 2. The molecule has 0 unspecified atom stereocenters. The van der Waals surface area contributed by atoms with Crippen molar-refractivity contribution in [3.8, 4) is 17.1 Å². The number of ether oxygens (including phenoxy) is 1. The highest BCUT2D eigenvalue weighted by molar-refractivity contribution is 5.80. The van der Waals surface area contributed by atoms with Gasteiger partial charge in [-0.25, -0.2) is 4.98 Å². The summed E-state index contributed by atoms with van der Waals surface area (Å²) in [4.78, 5) is 4.92. The van der Waals surface area contributed by atoms with Gasteiger partial charge >= 0.3 is 0 Å². The maximum absolute atomic E-state index is 6.01. The van der Waals surface area contributed by atoms with E-state index < -0.39 is 0 Å². The lowest BCUT2D eigenvalue weighted by Gasteiger charge is -2.19. The smallest absolute Gasteiger partial charge is 0.141 e. The van der Waals surface area contributed by atoms with Crippen molar-refractivity contribution in [2.75, 3.05) is 6.61 Å². The summed E-state index contributed by atoms with van der Waals surface area (Å²) in [6, 6.07) is 25.4. The van der Waals surface area contributed by atoms with E-state index in [9.17, 15) is 0 Å². The maximum Gasteiger partial charge on any atom is 0.141 e. The van der Waals surface area contributed by atoms with Gasteiger partial charge in [0.25, 0.3) is 0 Å². The van der Waals surface area contributed by atoms with E-state index in [1.165, 1.54) is 16.6 Å². The van der Waals surface area contributed by atoms with Gasteiger partial charge in [0.15, 0.2) is 0 Å². The van der Waals surface area contributed by atoms with Crippen molar-refractivity contribution in [1.82, 2.24) is 9.55 Å². The van der Waals surface area contributed by atoms with Crippen molar-refractivity contribution in [2.45, 2.75) is 46.1 Å². The van der Waals surface area contributed by atoms with Gasteiger partial charge in [-0.15, -0.1) is 0 Å². The molecule has 0 bridgehead atoms. The van der Waals surface area contributed by atoms with Gasteiger partial charge in [-0.05, 0) is 54.7 Å². The zero-order valence-corrected chi connectivity index (χ0v) is 18.4. The van der Waals surface area contributed by atoms with Crippen molar-refractivity contribution in [2.24, 2.45) is 0 Å². The van der Waals surface area contributed by atoms with E-state index in [4.69, 9.17) is 9.72 Å². The van der Waals surface area contributed by atoms with Crippen LogP contribution < -0.4 is 4.74 Å². The number of fused-ring (bicyclic) bond motifs is 1. The highest BCUT2D eigenvalue weighted by Crippen LogP contribution is 2.26. The molecule has 0 N–H and O–H groups in total. The molecular formula is C27H30N2O. The van der Waals surface area contributed by atoms with Crippen molar-refractivity contribution < 1.29 is 4.74 Å². The first-order valence-electron chi connectivity index (χ1n) is 10.7. The van der Waals surface area contributed by atoms with Crippen molar-refractivity contribution in [3.63, 3.8) is 0 Å².